The van der Waals surface area contributed by atoms with Gasteiger partial charge in [0, 0.05) is 15.9 Å². The number of rotatable bonds is 1. The summed E-state index contributed by atoms with van der Waals surface area (Å²) in [6.45, 7) is 0. The Balaban J connectivity index is 1.69. The third-order valence-corrected chi connectivity index (χ3v) is 5.29. The van der Waals surface area contributed by atoms with E-state index in [2.05, 4.69) is 45.5 Å². The summed E-state index contributed by atoms with van der Waals surface area (Å²) >= 11 is 5.33. The molecule has 96 valence electrons. The number of fused-ring (bicyclic) bond motifs is 1. The summed E-state index contributed by atoms with van der Waals surface area (Å²) in [6.07, 6.45) is 5.39. The molecule has 0 radical (unpaired) electrons. The fourth-order valence-corrected chi connectivity index (χ4v) is 4.08. The maximum atomic E-state index is 4.88. The monoisotopic (exact) mass is 324 g/mol. The highest BCUT2D eigenvalue weighted by molar-refractivity contribution is 9.10. The Kier molecular flexibility index (Phi) is 3.94. The fraction of sp³-hybridized carbons (Fsp3) is 0.500. The Hall–Kier alpha value is -0.480. The maximum absolute atomic E-state index is 4.88. The molecule has 0 spiro atoms. The Bertz CT molecular complexity index is 444. The van der Waals surface area contributed by atoms with E-state index in [1.54, 1.807) is 0 Å². The van der Waals surface area contributed by atoms with Crippen molar-refractivity contribution in [2.75, 3.05) is 11.1 Å². The molecule has 1 N–H and O–H groups in total. The number of anilines is 1. The highest BCUT2D eigenvalue weighted by Crippen LogP contribution is 2.34. The molecule has 1 aromatic rings. The number of aliphatic imine (C=N–C) groups is 1. The first-order chi connectivity index (χ1) is 8.81. The average Bonchev–Trinajstić information content (AvgIpc) is 2.41. The Labute approximate surface area is 121 Å². The van der Waals surface area contributed by atoms with Crippen molar-refractivity contribution in [3.8, 4) is 0 Å². The van der Waals surface area contributed by atoms with Crippen LogP contribution >= 0.6 is 27.7 Å². The van der Waals surface area contributed by atoms with Crippen molar-refractivity contribution in [1.82, 2.24) is 0 Å². The Morgan fingerprint density at radius 3 is 2.78 bits per heavy atom. The van der Waals surface area contributed by atoms with Gasteiger partial charge in [0.15, 0.2) is 5.17 Å². The summed E-state index contributed by atoms with van der Waals surface area (Å²) in [5.74, 6) is 2.05. The molecule has 3 rings (SSSR count). The molecule has 1 saturated carbocycles. The minimum atomic E-state index is 0.568. The molecule has 0 bridgehead atoms. The van der Waals surface area contributed by atoms with Gasteiger partial charge in [0.05, 0.1) is 6.04 Å². The van der Waals surface area contributed by atoms with Crippen molar-refractivity contribution in [3.63, 3.8) is 0 Å². The van der Waals surface area contributed by atoms with Crippen molar-refractivity contribution in [2.24, 2.45) is 10.9 Å². The second kappa shape index (κ2) is 5.66. The molecule has 1 aromatic carbocycles. The van der Waals surface area contributed by atoms with E-state index in [-0.39, 0.29) is 0 Å². The van der Waals surface area contributed by atoms with Gasteiger partial charge in [-0.1, -0.05) is 40.5 Å². The van der Waals surface area contributed by atoms with Gasteiger partial charge in [-0.2, -0.15) is 0 Å². The summed E-state index contributed by atoms with van der Waals surface area (Å²) < 4.78 is 1.11. The highest BCUT2D eigenvalue weighted by Gasteiger charge is 2.28. The molecule has 2 aliphatic rings. The molecule has 4 heteroatoms. The van der Waals surface area contributed by atoms with Gasteiger partial charge in [0.2, 0.25) is 0 Å². The van der Waals surface area contributed by atoms with Crippen molar-refractivity contribution >= 4 is 38.5 Å². The van der Waals surface area contributed by atoms with Crippen LogP contribution in [0.2, 0.25) is 0 Å². The zero-order chi connectivity index (χ0) is 12.4. The summed E-state index contributed by atoms with van der Waals surface area (Å²) in [5.41, 5.74) is 1.12. The van der Waals surface area contributed by atoms with Crippen LogP contribution in [0.1, 0.15) is 25.7 Å². The zero-order valence-corrected chi connectivity index (χ0v) is 12.6. The van der Waals surface area contributed by atoms with E-state index >= 15 is 0 Å². The van der Waals surface area contributed by atoms with Gasteiger partial charge in [0.25, 0.3) is 0 Å². The van der Waals surface area contributed by atoms with Gasteiger partial charge < -0.3 is 5.32 Å². The van der Waals surface area contributed by atoms with Crippen LogP contribution in [0.5, 0.6) is 0 Å². The molecule has 0 saturated heterocycles. The molecular formula is C14H17BrN2S. The molecule has 2 nitrogen and oxygen atoms in total. The molecule has 1 aliphatic carbocycles. The normalized spacial score (nSPS) is 27.3. The lowest BCUT2D eigenvalue weighted by atomic mass is 9.86. The van der Waals surface area contributed by atoms with Gasteiger partial charge in [-0.25, -0.2) is 0 Å². The largest absolute Gasteiger partial charge is 0.335 e. The lowest BCUT2D eigenvalue weighted by Crippen LogP contribution is -2.31. The van der Waals surface area contributed by atoms with Crippen molar-refractivity contribution in [1.29, 1.82) is 0 Å². The molecule has 0 amide bonds. The quantitative estimate of drug-likeness (QED) is 0.821. The van der Waals surface area contributed by atoms with Crippen molar-refractivity contribution in [3.05, 3.63) is 28.7 Å². The maximum Gasteiger partial charge on any atom is 0.161 e. The fourth-order valence-electron chi connectivity index (χ4n) is 2.65. The van der Waals surface area contributed by atoms with Gasteiger partial charge in [-0.05, 0) is 43.0 Å². The summed E-state index contributed by atoms with van der Waals surface area (Å²) in [4.78, 5) is 4.88. The number of halogens is 1. The van der Waals surface area contributed by atoms with Crippen molar-refractivity contribution < 1.29 is 0 Å². The lowest BCUT2D eigenvalue weighted by molar-refractivity contribution is 0.336. The molecule has 1 aliphatic heterocycles. The van der Waals surface area contributed by atoms with Crippen LogP contribution in [0, 0.1) is 5.92 Å². The van der Waals surface area contributed by atoms with Crippen LogP contribution in [0.25, 0.3) is 0 Å². The van der Waals surface area contributed by atoms with E-state index in [1.807, 2.05) is 11.8 Å². The van der Waals surface area contributed by atoms with Gasteiger partial charge in [-0.3, -0.25) is 4.99 Å². The number of hydrogen-bond acceptors (Lipinski definition) is 3. The van der Waals surface area contributed by atoms with E-state index in [1.165, 1.54) is 31.4 Å². The second-order valence-corrected chi connectivity index (χ2v) is 6.91. The van der Waals surface area contributed by atoms with E-state index in [9.17, 15) is 0 Å². The van der Waals surface area contributed by atoms with Crippen LogP contribution in [0.4, 0.5) is 5.69 Å². The molecule has 1 heterocycles. The predicted molar refractivity (Wildman–Crippen MR) is 83.4 cm³/mol. The topological polar surface area (TPSA) is 24.4 Å². The third kappa shape index (κ3) is 2.91. The van der Waals surface area contributed by atoms with Gasteiger partial charge in [0.1, 0.15) is 0 Å². The third-order valence-electron chi connectivity index (χ3n) is 3.68. The van der Waals surface area contributed by atoms with E-state index in [0.29, 0.717) is 6.04 Å². The molecule has 2 unspecified atom stereocenters. The molecule has 18 heavy (non-hydrogen) atoms. The van der Waals surface area contributed by atoms with Gasteiger partial charge in [-0.15, -0.1) is 0 Å². The number of nitrogens with one attached hydrogen (secondary N) is 1. The molecule has 2 atom stereocenters. The minimum Gasteiger partial charge on any atom is -0.335 e. The first kappa shape index (κ1) is 12.5. The van der Waals surface area contributed by atoms with E-state index < -0.39 is 0 Å². The summed E-state index contributed by atoms with van der Waals surface area (Å²) in [6, 6.07) is 8.85. The highest BCUT2D eigenvalue weighted by atomic mass is 79.9. The van der Waals surface area contributed by atoms with Crippen LogP contribution in [-0.4, -0.2) is 17.0 Å². The SMILES string of the molecule is Brc1ccc(NC2=NC3CCCCC3CS2)cc1. The number of nitrogens with zero attached hydrogens (tertiary/aromatic N) is 1. The lowest BCUT2D eigenvalue weighted by Gasteiger charge is -2.32. The van der Waals surface area contributed by atoms with Crippen LogP contribution in [0.3, 0.4) is 0 Å². The van der Waals surface area contributed by atoms with Crippen LogP contribution in [-0.2, 0) is 0 Å². The standard InChI is InChI=1S/C14H17BrN2S/c15-11-5-7-12(8-6-11)16-14-17-13-4-2-1-3-10(13)9-18-14/h5-8,10,13H,1-4,9H2,(H,16,17). The first-order valence-electron chi connectivity index (χ1n) is 6.54. The number of amidine groups is 1. The minimum absolute atomic E-state index is 0.568. The molecule has 1 fully saturated rings. The smallest absolute Gasteiger partial charge is 0.161 e. The summed E-state index contributed by atoms with van der Waals surface area (Å²) in [7, 11) is 0. The van der Waals surface area contributed by atoms with Crippen LogP contribution < -0.4 is 5.32 Å². The summed E-state index contributed by atoms with van der Waals surface area (Å²) in [5, 5.41) is 4.53. The molecular weight excluding hydrogens is 308 g/mol. The van der Waals surface area contributed by atoms with E-state index in [4.69, 9.17) is 4.99 Å². The first-order valence-corrected chi connectivity index (χ1v) is 8.32. The van der Waals surface area contributed by atoms with Crippen LogP contribution in [0.15, 0.2) is 33.7 Å². The number of thioether (sulfide) groups is 1. The van der Waals surface area contributed by atoms with E-state index in [0.717, 1.165) is 21.2 Å². The predicted octanol–water partition coefficient (Wildman–Crippen LogP) is 4.52. The Morgan fingerprint density at radius 2 is 1.94 bits per heavy atom. The number of hydrogen-bond donors (Lipinski definition) is 1. The zero-order valence-electron chi connectivity index (χ0n) is 10.2. The Morgan fingerprint density at radius 1 is 1.17 bits per heavy atom. The van der Waals surface area contributed by atoms with Crippen molar-refractivity contribution in [2.45, 2.75) is 31.7 Å². The number of benzene rings is 1. The molecule has 0 aromatic heterocycles. The average molecular weight is 325 g/mol. The van der Waals surface area contributed by atoms with Gasteiger partial charge >= 0.3 is 0 Å². The second-order valence-electron chi connectivity index (χ2n) is 4.99.